The van der Waals surface area contributed by atoms with Crippen LogP contribution in [0.5, 0.6) is 0 Å². The first-order valence-electron chi connectivity index (χ1n) is 4.24. The second-order valence-electron chi connectivity index (χ2n) is 1.91. The van der Waals surface area contributed by atoms with E-state index in [0.29, 0.717) is 0 Å². The monoisotopic (exact) mass is 290 g/mol. The minimum Gasteiger partial charge on any atom is -0.317 e. The third kappa shape index (κ3) is 74.0. The molecule has 0 bridgehead atoms. The Morgan fingerprint density at radius 3 is 0.643 bits per heavy atom. The molecule has 0 aromatic carbocycles. The molecule has 2 nitrogen and oxygen atoms in total. The summed E-state index contributed by atoms with van der Waals surface area (Å²) in [5.41, 5.74) is 0. The van der Waals surface area contributed by atoms with E-state index in [2.05, 4.69) is 38.3 Å². The average molecular weight is 292 g/mol. The molecule has 0 aromatic rings. The Kier molecular flexibility index (Phi) is 124. The van der Waals surface area contributed by atoms with Gasteiger partial charge in [0.2, 0.25) is 0 Å². The van der Waals surface area contributed by atoms with Gasteiger partial charge in [-0.25, -0.2) is 0 Å². The Balaban J connectivity index is -0.0000000178. The topological polar surface area (TPSA) is 24.1 Å². The van der Waals surface area contributed by atoms with Crippen molar-refractivity contribution in [1.82, 2.24) is 10.6 Å². The first kappa shape index (κ1) is 36.3. The van der Waals surface area contributed by atoms with Crippen molar-refractivity contribution in [2.75, 3.05) is 26.2 Å². The van der Waals surface area contributed by atoms with E-state index in [-0.39, 0.29) is 49.6 Å². The maximum absolute atomic E-state index is 3.11. The van der Waals surface area contributed by atoms with Crippen LogP contribution in [0.3, 0.4) is 0 Å². The number of halogens is 4. The van der Waals surface area contributed by atoms with Gasteiger partial charge in [-0.05, 0) is 26.2 Å². The number of hydrogen-bond donors (Lipinski definition) is 2. The highest BCUT2D eigenvalue weighted by Gasteiger charge is 1.63. The van der Waals surface area contributed by atoms with E-state index in [4.69, 9.17) is 0 Å². The molecule has 0 aliphatic carbocycles. The summed E-state index contributed by atoms with van der Waals surface area (Å²) >= 11 is 0. The van der Waals surface area contributed by atoms with Gasteiger partial charge in [-0.3, -0.25) is 0 Å². The van der Waals surface area contributed by atoms with Crippen LogP contribution in [0.4, 0.5) is 0 Å². The van der Waals surface area contributed by atoms with Gasteiger partial charge in [-0.15, -0.1) is 49.6 Å². The van der Waals surface area contributed by atoms with E-state index >= 15 is 0 Å². The minimum absolute atomic E-state index is 0. The molecule has 0 heterocycles. The first-order valence-corrected chi connectivity index (χ1v) is 4.24. The van der Waals surface area contributed by atoms with Crippen LogP contribution < -0.4 is 10.6 Å². The fourth-order valence-electron chi connectivity index (χ4n) is 0.500. The molecule has 2 N–H and O–H groups in total. The van der Waals surface area contributed by atoms with Gasteiger partial charge in [0.05, 0.1) is 0 Å². The van der Waals surface area contributed by atoms with Crippen molar-refractivity contribution in [3.05, 3.63) is 0 Å². The van der Waals surface area contributed by atoms with Crippen molar-refractivity contribution in [2.24, 2.45) is 0 Å². The predicted octanol–water partition coefficient (Wildman–Crippen LogP) is 2.92. The first-order chi connectivity index (χ1) is 4.83. The molecular formula is C8H26Cl4N2. The molecule has 0 aliphatic rings. The lowest BCUT2D eigenvalue weighted by molar-refractivity contribution is 0.762. The van der Waals surface area contributed by atoms with Crippen molar-refractivity contribution in [1.29, 1.82) is 0 Å². The molecule has 0 atom stereocenters. The molecule has 0 radical (unpaired) electrons. The highest BCUT2D eigenvalue weighted by Crippen LogP contribution is 1.48. The van der Waals surface area contributed by atoms with Gasteiger partial charge in [0.15, 0.2) is 0 Å². The van der Waals surface area contributed by atoms with Gasteiger partial charge in [-0.2, -0.15) is 0 Å². The van der Waals surface area contributed by atoms with Gasteiger partial charge < -0.3 is 10.6 Å². The zero-order chi connectivity index (χ0) is 8.24. The van der Waals surface area contributed by atoms with Gasteiger partial charge >= 0.3 is 0 Å². The normalized spacial score (nSPS) is 6.00. The molecule has 0 amide bonds. The van der Waals surface area contributed by atoms with Crippen molar-refractivity contribution in [3.63, 3.8) is 0 Å². The highest BCUT2D eigenvalue weighted by atomic mass is 35.5. The zero-order valence-corrected chi connectivity index (χ0v) is 12.7. The van der Waals surface area contributed by atoms with E-state index in [0.717, 1.165) is 26.2 Å². The molecular weight excluding hydrogens is 266 g/mol. The molecule has 14 heavy (non-hydrogen) atoms. The molecule has 0 spiro atoms. The highest BCUT2D eigenvalue weighted by molar-refractivity contribution is 5.86. The third-order valence-corrected chi connectivity index (χ3v) is 1.000. The quantitative estimate of drug-likeness (QED) is 0.832. The molecule has 6 heteroatoms. The van der Waals surface area contributed by atoms with E-state index < -0.39 is 0 Å². The Labute approximate surface area is 114 Å². The second kappa shape index (κ2) is 48.1. The van der Waals surface area contributed by atoms with Crippen LogP contribution in [0.2, 0.25) is 0 Å². The van der Waals surface area contributed by atoms with Gasteiger partial charge in [-0.1, -0.05) is 27.7 Å². The Bertz CT molecular complexity index is 40.3. The smallest absolute Gasteiger partial charge is 0.00775 e. The molecule has 0 saturated heterocycles. The predicted molar refractivity (Wildman–Crippen MR) is 77.4 cm³/mol. The van der Waals surface area contributed by atoms with Crippen molar-refractivity contribution < 1.29 is 0 Å². The van der Waals surface area contributed by atoms with E-state index in [1.807, 2.05) is 0 Å². The minimum atomic E-state index is 0. The SMILES string of the molecule is CCNCC.CCNCC.Cl.Cl.Cl.Cl. The van der Waals surface area contributed by atoms with E-state index in [1.54, 1.807) is 0 Å². The summed E-state index contributed by atoms with van der Waals surface area (Å²) in [4.78, 5) is 0. The van der Waals surface area contributed by atoms with E-state index in [9.17, 15) is 0 Å². The number of rotatable bonds is 4. The van der Waals surface area contributed by atoms with Crippen LogP contribution in [0.15, 0.2) is 0 Å². The van der Waals surface area contributed by atoms with Crippen LogP contribution >= 0.6 is 49.6 Å². The average Bonchev–Trinajstić information content (AvgIpc) is 1.93. The molecule has 0 aromatic heterocycles. The summed E-state index contributed by atoms with van der Waals surface area (Å²) in [6.45, 7) is 12.8. The van der Waals surface area contributed by atoms with Crippen LogP contribution in [-0.4, -0.2) is 26.2 Å². The van der Waals surface area contributed by atoms with Crippen LogP contribution in [0.25, 0.3) is 0 Å². The molecule has 0 unspecified atom stereocenters. The van der Waals surface area contributed by atoms with Gasteiger partial charge in [0, 0.05) is 0 Å². The largest absolute Gasteiger partial charge is 0.317 e. The molecule has 0 fully saturated rings. The van der Waals surface area contributed by atoms with Crippen LogP contribution in [-0.2, 0) is 0 Å². The fourth-order valence-corrected chi connectivity index (χ4v) is 0.500. The summed E-state index contributed by atoms with van der Waals surface area (Å²) in [5.74, 6) is 0. The number of hydrogen-bond acceptors (Lipinski definition) is 2. The second-order valence-corrected chi connectivity index (χ2v) is 1.91. The van der Waals surface area contributed by atoms with Crippen LogP contribution in [0.1, 0.15) is 27.7 Å². The fraction of sp³-hybridized carbons (Fsp3) is 1.00. The lowest BCUT2D eigenvalue weighted by Crippen LogP contribution is -2.09. The van der Waals surface area contributed by atoms with Crippen molar-refractivity contribution in [2.45, 2.75) is 27.7 Å². The molecule has 0 saturated carbocycles. The Morgan fingerprint density at radius 2 is 0.643 bits per heavy atom. The third-order valence-electron chi connectivity index (χ3n) is 1.000. The molecule has 96 valence electrons. The molecule has 0 rings (SSSR count). The van der Waals surface area contributed by atoms with E-state index in [1.165, 1.54) is 0 Å². The lowest BCUT2D eigenvalue weighted by Gasteiger charge is -1.86. The van der Waals surface area contributed by atoms with Crippen molar-refractivity contribution in [3.8, 4) is 0 Å². The summed E-state index contributed by atoms with van der Waals surface area (Å²) in [6.07, 6.45) is 0. The van der Waals surface area contributed by atoms with Gasteiger partial charge in [0.25, 0.3) is 0 Å². The Morgan fingerprint density at radius 1 is 0.500 bits per heavy atom. The maximum Gasteiger partial charge on any atom is -0.00775 e. The zero-order valence-electron chi connectivity index (χ0n) is 9.46. The maximum atomic E-state index is 3.11. The summed E-state index contributed by atoms with van der Waals surface area (Å²) in [6, 6.07) is 0. The standard InChI is InChI=1S/2C4H11N.4ClH/c2*1-3-5-4-2;;;;/h2*5H,3-4H2,1-2H3;4*1H. The van der Waals surface area contributed by atoms with Gasteiger partial charge in [0.1, 0.15) is 0 Å². The summed E-state index contributed by atoms with van der Waals surface area (Å²) < 4.78 is 0. The van der Waals surface area contributed by atoms with Crippen molar-refractivity contribution >= 4 is 49.6 Å². The molecule has 0 aliphatic heterocycles. The summed E-state index contributed by atoms with van der Waals surface area (Å²) in [5, 5.41) is 6.22. The van der Waals surface area contributed by atoms with Crippen LogP contribution in [0, 0.1) is 0 Å². The number of nitrogens with one attached hydrogen (secondary N) is 2. The summed E-state index contributed by atoms with van der Waals surface area (Å²) in [7, 11) is 0. The Hall–Kier alpha value is 1.08. The lowest BCUT2D eigenvalue weighted by atomic mass is 10.7.